The molecule has 1 aromatic heterocycles. The molecular formula is C28H40BrN3O2. The van der Waals surface area contributed by atoms with Gasteiger partial charge in [0.15, 0.2) is 5.78 Å². The van der Waals surface area contributed by atoms with Crippen LogP contribution >= 0.6 is 17.0 Å². The van der Waals surface area contributed by atoms with Crippen LogP contribution in [0.15, 0.2) is 36.7 Å². The molecule has 0 amide bonds. The van der Waals surface area contributed by atoms with Crippen molar-refractivity contribution in [1.29, 1.82) is 5.41 Å². The van der Waals surface area contributed by atoms with Crippen molar-refractivity contribution in [3.8, 4) is 5.75 Å². The van der Waals surface area contributed by atoms with E-state index in [2.05, 4.69) is 11.9 Å². The van der Waals surface area contributed by atoms with Gasteiger partial charge in [0.05, 0.1) is 6.54 Å². The summed E-state index contributed by atoms with van der Waals surface area (Å²) in [5.41, 5.74) is 2.63. The highest BCUT2D eigenvalue weighted by molar-refractivity contribution is 8.93. The number of ketones is 1. The van der Waals surface area contributed by atoms with E-state index in [1.54, 1.807) is 6.20 Å². The fourth-order valence-corrected chi connectivity index (χ4v) is 4.88. The topological polar surface area (TPSA) is 77.3 Å². The highest BCUT2D eigenvalue weighted by Gasteiger charge is 2.39. The monoisotopic (exact) mass is 529 g/mol. The van der Waals surface area contributed by atoms with Crippen LogP contribution in [0.25, 0.3) is 0 Å². The predicted octanol–water partition coefficient (Wildman–Crippen LogP) is 6.64. The number of aromatic nitrogens is 1. The number of benzene rings is 1. The fraction of sp³-hybridized carbons (Fsp3) is 0.536. The standard InChI is InChI=1S/C28H39N3O2.BrH/c1-8-10-19-16-31(26(29)24(19)18-11-9-12-30-15-18)17-23(32)20-13-21(27(2,3)4)25(33)22(14-20)28(5,6)7;/h9,11-15,19,24,29,33H,8,10,16-17H2,1-7H3;1H/t19-,24+;/m0./s1. The van der Waals surface area contributed by atoms with Crippen LogP contribution in [-0.4, -0.2) is 39.7 Å². The fourth-order valence-electron chi connectivity index (χ4n) is 4.88. The Hall–Kier alpha value is -2.21. The number of amidine groups is 1. The summed E-state index contributed by atoms with van der Waals surface area (Å²) in [4.78, 5) is 19.7. The number of nitrogens with one attached hydrogen (secondary N) is 1. The van der Waals surface area contributed by atoms with E-state index in [-0.39, 0.29) is 51.8 Å². The molecule has 1 fully saturated rings. The number of halogens is 1. The number of phenolic OH excluding ortho intramolecular Hbond substituents is 1. The summed E-state index contributed by atoms with van der Waals surface area (Å²) in [5, 5.41) is 19.9. The zero-order chi connectivity index (χ0) is 24.6. The van der Waals surface area contributed by atoms with E-state index in [0.717, 1.165) is 29.5 Å². The molecular weight excluding hydrogens is 490 g/mol. The summed E-state index contributed by atoms with van der Waals surface area (Å²) in [6.45, 7) is 15.3. The molecule has 186 valence electrons. The summed E-state index contributed by atoms with van der Waals surface area (Å²) >= 11 is 0. The Morgan fingerprint density at radius 3 is 2.21 bits per heavy atom. The lowest BCUT2D eigenvalue weighted by Gasteiger charge is -2.28. The number of hydrogen-bond donors (Lipinski definition) is 2. The third-order valence-corrected chi connectivity index (χ3v) is 6.65. The van der Waals surface area contributed by atoms with Crippen LogP contribution in [0, 0.1) is 11.3 Å². The maximum atomic E-state index is 13.5. The van der Waals surface area contributed by atoms with Crippen molar-refractivity contribution in [3.63, 3.8) is 0 Å². The number of carbonyl (C=O) groups is 1. The number of phenols is 1. The predicted molar refractivity (Wildman–Crippen MR) is 145 cm³/mol. The van der Waals surface area contributed by atoms with E-state index in [1.807, 2.05) is 76.9 Å². The summed E-state index contributed by atoms with van der Waals surface area (Å²) < 4.78 is 0. The van der Waals surface area contributed by atoms with Gasteiger partial charge in [-0.1, -0.05) is 61.0 Å². The number of Topliss-reactive ketones (excluding diaryl/α,β-unsaturated/α-hetero) is 1. The van der Waals surface area contributed by atoms with Crippen LogP contribution in [0.4, 0.5) is 0 Å². The van der Waals surface area contributed by atoms with Crippen molar-refractivity contribution in [2.24, 2.45) is 5.92 Å². The van der Waals surface area contributed by atoms with Gasteiger partial charge in [-0.05, 0) is 46.9 Å². The van der Waals surface area contributed by atoms with Crippen LogP contribution in [0.3, 0.4) is 0 Å². The van der Waals surface area contributed by atoms with Crippen molar-refractivity contribution in [3.05, 3.63) is 58.9 Å². The Labute approximate surface area is 215 Å². The number of aromatic hydroxyl groups is 1. The van der Waals surface area contributed by atoms with Gasteiger partial charge in [0.1, 0.15) is 11.6 Å². The Kier molecular flexibility index (Phi) is 8.73. The number of likely N-dealkylation sites (tertiary alicyclic amines) is 1. The van der Waals surface area contributed by atoms with E-state index in [0.29, 0.717) is 23.9 Å². The molecule has 0 bridgehead atoms. The molecule has 2 aromatic rings. The first-order valence-corrected chi connectivity index (χ1v) is 12.0. The van der Waals surface area contributed by atoms with Crippen molar-refractivity contribution >= 4 is 28.6 Å². The van der Waals surface area contributed by atoms with Crippen molar-refractivity contribution in [2.75, 3.05) is 13.1 Å². The van der Waals surface area contributed by atoms with Gasteiger partial charge in [-0.25, -0.2) is 0 Å². The Bertz CT molecular complexity index is 987. The maximum absolute atomic E-state index is 13.5. The minimum absolute atomic E-state index is 0. The molecule has 6 heteroatoms. The SMILES string of the molecule is Br.CCC[C@H]1CN(CC(=O)c2cc(C(C)(C)C)c(O)c(C(C)(C)C)c2)C(=N)[C@@H]1c1cccnc1. The molecule has 0 radical (unpaired) electrons. The van der Waals surface area contributed by atoms with Gasteiger partial charge in [-0.3, -0.25) is 15.2 Å². The number of nitrogens with zero attached hydrogens (tertiary/aromatic N) is 2. The highest BCUT2D eigenvalue weighted by atomic mass is 79.9. The Morgan fingerprint density at radius 1 is 1.15 bits per heavy atom. The molecule has 2 atom stereocenters. The van der Waals surface area contributed by atoms with Crippen molar-refractivity contribution in [2.45, 2.75) is 78.1 Å². The van der Waals surface area contributed by atoms with Crippen molar-refractivity contribution in [1.82, 2.24) is 9.88 Å². The quantitative estimate of drug-likeness (QED) is 0.411. The summed E-state index contributed by atoms with van der Waals surface area (Å²) in [7, 11) is 0. The van der Waals surface area contributed by atoms with Crippen LogP contribution in [-0.2, 0) is 10.8 Å². The van der Waals surface area contributed by atoms with Crippen LogP contribution in [0.2, 0.25) is 0 Å². The van der Waals surface area contributed by atoms with Crippen LogP contribution in [0.1, 0.15) is 94.3 Å². The minimum Gasteiger partial charge on any atom is -0.507 e. The Balaban J connectivity index is 0.00000408. The molecule has 3 rings (SSSR count). The molecule has 1 saturated heterocycles. The largest absolute Gasteiger partial charge is 0.507 e. The lowest BCUT2D eigenvalue weighted by molar-refractivity contribution is 0.0963. The highest BCUT2D eigenvalue weighted by Crippen LogP contribution is 2.40. The van der Waals surface area contributed by atoms with Gasteiger partial charge >= 0.3 is 0 Å². The van der Waals surface area contributed by atoms with Gasteiger partial charge < -0.3 is 10.0 Å². The second-order valence-electron chi connectivity index (χ2n) is 11.4. The zero-order valence-corrected chi connectivity index (χ0v) is 23.3. The van der Waals surface area contributed by atoms with E-state index in [4.69, 9.17) is 5.41 Å². The molecule has 0 spiro atoms. The smallest absolute Gasteiger partial charge is 0.182 e. The number of rotatable bonds is 6. The molecule has 1 aliphatic heterocycles. The number of hydrogen-bond acceptors (Lipinski definition) is 4. The lowest BCUT2D eigenvalue weighted by atomic mass is 9.78. The summed E-state index contributed by atoms with van der Waals surface area (Å²) in [6, 6.07) is 7.63. The minimum atomic E-state index is -0.293. The van der Waals surface area contributed by atoms with Gasteiger partial charge in [-0.2, -0.15) is 0 Å². The van der Waals surface area contributed by atoms with Gasteiger partial charge in [0.25, 0.3) is 0 Å². The van der Waals surface area contributed by atoms with Crippen LogP contribution in [0.5, 0.6) is 5.75 Å². The van der Waals surface area contributed by atoms with Gasteiger partial charge in [-0.15, -0.1) is 17.0 Å². The number of pyridine rings is 1. The second kappa shape index (κ2) is 10.6. The van der Waals surface area contributed by atoms with E-state index >= 15 is 0 Å². The van der Waals surface area contributed by atoms with Gasteiger partial charge in [0.2, 0.25) is 0 Å². The Morgan fingerprint density at radius 2 is 1.74 bits per heavy atom. The molecule has 5 nitrogen and oxygen atoms in total. The average Bonchev–Trinajstić information content (AvgIpc) is 3.02. The van der Waals surface area contributed by atoms with E-state index in [1.165, 1.54) is 0 Å². The first-order valence-electron chi connectivity index (χ1n) is 12.0. The number of carbonyl (C=O) groups excluding carboxylic acids is 1. The third kappa shape index (κ3) is 5.88. The molecule has 1 aliphatic rings. The van der Waals surface area contributed by atoms with E-state index in [9.17, 15) is 9.90 Å². The summed E-state index contributed by atoms with van der Waals surface area (Å²) in [5.74, 6) is 1.04. The molecule has 0 unspecified atom stereocenters. The molecule has 0 aliphatic carbocycles. The van der Waals surface area contributed by atoms with Crippen LogP contribution < -0.4 is 0 Å². The second-order valence-corrected chi connectivity index (χ2v) is 11.4. The molecule has 34 heavy (non-hydrogen) atoms. The molecule has 2 N–H and O–H groups in total. The van der Waals surface area contributed by atoms with Gasteiger partial charge in [0, 0.05) is 41.5 Å². The maximum Gasteiger partial charge on any atom is 0.182 e. The third-order valence-electron chi connectivity index (χ3n) is 6.65. The van der Waals surface area contributed by atoms with E-state index < -0.39 is 0 Å². The molecule has 1 aromatic carbocycles. The lowest BCUT2D eigenvalue weighted by Crippen LogP contribution is -2.32. The zero-order valence-electron chi connectivity index (χ0n) is 21.6. The first kappa shape index (κ1) is 28.0. The molecule has 2 heterocycles. The van der Waals surface area contributed by atoms with Crippen molar-refractivity contribution < 1.29 is 9.90 Å². The normalized spacial score (nSPS) is 18.7. The summed E-state index contributed by atoms with van der Waals surface area (Å²) in [6.07, 6.45) is 5.65. The first-order chi connectivity index (χ1) is 15.3. The molecule has 0 saturated carbocycles. The average molecular weight is 531 g/mol.